The van der Waals surface area contributed by atoms with Gasteiger partial charge in [0.2, 0.25) is 0 Å². The maximum Gasteiger partial charge on any atom is 0.123 e. The number of halogens is 1. The van der Waals surface area contributed by atoms with Gasteiger partial charge >= 0.3 is 0 Å². The van der Waals surface area contributed by atoms with Gasteiger partial charge in [-0.25, -0.2) is 9.37 Å². The van der Waals surface area contributed by atoms with E-state index in [1.807, 2.05) is 5.38 Å². The fourth-order valence-electron chi connectivity index (χ4n) is 1.11. The van der Waals surface area contributed by atoms with E-state index in [0.29, 0.717) is 10.6 Å². The topological polar surface area (TPSA) is 30.0 Å². The van der Waals surface area contributed by atoms with Crippen molar-refractivity contribution < 1.29 is 8.60 Å². The van der Waals surface area contributed by atoms with Gasteiger partial charge in [0.25, 0.3) is 0 Å². The Morgan fingerprint density at radius 1 is 1.33 bits per heavy atom. The molecule has 2 aromatic rings. The number of nitrogens with zero attached hydrogens (tertiary/aromatic N) is 1. The molecule has 1 aromatic carbocycles. The number of aromatic nitrogens is 1. The zero-order valence-corrected chi connectivity index (χ0v) is 9.35. The number of hydrogen-bond acceptors (Lipinski definition) is 3. The quantitative estimate of drug-likeness (QED) is 0.826. The van der Waals surface area contributed by atoms with E-state index in [1.165, 1.54) is 23.5 Å². The molecule has 0 aliphatic carbocycles. The largest absolute Gasteiger partial charge is 0.254 e. The van der Waals surface area contributed by atoms with Gasteiger partial charge in [-0.2, -0.15) is 0 Å². The Labute approximate surface area is 93.3 Å². The van der Waals surface area contributed by atoms with Crippen molar-refractivity contribution in [3.05, 3.63) is 46.7 Å². The first-order chi connectivity index (χ1) is 7.25. The second-order valence-corrected chi connectivity index (χ2v) is 5.30. The molecular formula is C10H8FNOS2. The van der Waals surface area contributed by atoms with Crippen molar-refractivity contribution >= 4 is 22.1 Å². The summed E-state index contributed by atoms with van der Waals surface area (Å²) < 4.78 is 24.4. The first-order valence-electron chi connectivity index (χ1n) is 4.28. The zero-order valence-electron chi connectivity index (χ0n) is 7.72. The van der Waals surface area contributed by atoms with Gasteiger partial charge < -0.3 is 0 Å². The van der Waals surface area contributed by atoms with Crippen LogP contribution < -0.4 is 0 Å². The summed E-state index contributed by atoms with van der Waals surface area (Å²) in [5.41, 5.74) is 0. The smallest absolute Gasteiger partial charge is 0.123 e. The number of rotatable bonds is 3. The van der Waals surface area contributed by atoms with Crippen LogP contribution in [0.5, 0.6) is 0 Å². The van der Waals surface area contributed by atoms with E-state index in [0.717, 1.165) is 5.01 Å². The number of thiazole rings is 1. The Kier molecular flexibility index (Phi) is 3.23. The van der Waals surface area contributed by atoms with Crippen LogP contribution in [0, 0.1) is 5.82 Å². The Morgan fingerprint density at radius 3 is 2.67 bits per heavy atom. The molecule has 0 saturated carbocycles. The Hall–Kier alpha value is -1.07. The summed E-state index contributed by atoms with van der Waals surface area (Å²) in [4.78, 5) is 4.68. The van der Waals surface area contributed by atoms with Crippen molar-refractivity contribution in [2.24, 2.45) is 0 Å². The monoisotopic (exact) mass is 241 g/mol. The first kappa shape index (κ1) is 10.4. The predicted molar refractivity (Wildman–Crippen MR) is 58.6 cm³/mol. The molecule has 0 fully saturated rings. The van der Waals surface area contributed by atoms with Crippen molar-refractivity contribution in [2.45, 2.75) is 10.6 Å². The van der Waals surface area contributed by atoms with E-state index >= 15 is 0 Å². The minimum Gasteiger partial charge on any atom is -0.254 e. The third-order valence-electron chi connectivity index (χ3n) is 1.81. The predicted octanol–water partition coefficient (Wildman–Crippen LogP) is 2.59. The highest BCUT2D eigenvalue weighted by Crippen LogP contribution is 2.14. The summed E-state index contributed by atoms with van der Waals surface area (Å²) in [6.45, 7) is 0. The van der Waals surface area contributed by atoms with E-state index in [4.69, 9.17) is 0 Å². The molecule has 0 saturated heterocycles. The Morgan fingerprint density at radius 2 is 2.07 bits per heavy atom. The van der Waals surface area contributed by atoms with Crippen molar-refractivity contribution in [1.82, 2.24) is 4.98 Å². The van der Waals surface area contributed by atoms with Crippen LogP contribution in [0.4, 0.5) is 4.39 Å². The average molecular weight is 241 g/mol. The van der Waals surface area contributed by atoms with Gasteiger partial charge in [-0.05, 0) is 24.3 Å². The summed E-state index contributed by atoms with van der Waals surface area (Å²) >= 11 is 1.47. The van der Waals surface area contributed by atoms with Crippen molar-refractivity contribution in [3.63, 3.8) is 0 Å². The second kappa shape index (κ2) is 4.63. The van der Waals surface area contributed by atoms with E-state index in [-0.39, 0.29) is 5.82 Å². The maximum atomic E-state index is 12.6. The SMILES string of the molecule is O=S(Cc1nccs1)c1ccc(F)cc1. The van der Waals surface area contributed by atoms with Crippen LogP contribution in [0.15, 0.2) is 40.7 Å². The van der Waals surface area contributed by atoms with Crippen molar-refractivity contribution in [2.75, 3.05) is 0 Å². The molecule has 15 heavy (non-hydrogen) atoms. The van der Waals surface area contributed by atoms with Gasteiger partial charge in [0.1, 0.15) is 10.8 Å². The van der Waals surface area contributed by atoms with Crippen molar-refractivity contribution in [3.8, 4) is 0 Å². The van der Waals surface area contributed by atoms with Gasteiger partial charge in [-0.15, -0.1) is 11.3 Å². The van der Waals surface area contributed by atoms with Crippen LogP contribution in [-0.2, 0) is 16.6 Å². The highest BCUT2D eigenvalue weighted by atomic mass is 32.2. The summed E-state index contributed by atoms with van der Waals surface area (Å²) in [5.74, 6) is 0.0773. The molecule has 1 unspecified atom stereocenters. The van der Waals surface area contributed by atoms with Crippen LogP contribution in [0.25, 0.3) is 0 Å². The molecule has 0 radical (unpaired) electrons. The lowest BCUT2D eigenvalue weighted by Gasteiger charge is -1.99. The lowest BCUT2D eigenvalue weighted by Crippen LogP contribution is -1.95. The lowest BCUT2D eigenvalue weighted by molar-refractivity contribution is 0.626. The molecule has 1 heterocycles. The summed E-state index contributed by atoms with van der Waals surface area (Å²) in [5, 5.41) is 2.68. The fourth-order valence-corrected chi connectivity index (χ4v) is 3.01. The van der Waals surface area contributed by atoms with Crippen LogP contribution in [0.3, 0.4) is 0 Å². The zero-order chi connectivity index (χ0) is 10.7. The van der Waals surface area contributed by atoms with E-state index < -0.39 is 10.8 Å². The van der Waals surface area contributed by atoms with E-state index in [1.54, 1.807) is 18.3 Å². The molecule has 0 aliphatic rings. The second-order valence-electron chi connectivity index (χ2n) is 2.87. The fraction of sp³-hybridized carbons (Fsp3) is 0.100. The van der Waals surface area contributed by atoms with Crippen LogP contribution in [0.1, 0.15) is 5.01 Å². The molecule has 2 nitrogen and oxygen atoms in total. The Bertz CT molecular complexity index is 453. The van der Waals surface area contributed by atoms with E-state index in [9.17, 15) is 8.60 Å². The molecule has 2 rings (SSSR count). The average Bonchev–Trinajstić information content (AvgIpc) is 2.71. The molecular weight excluding hydrogens is 233 g/mol. The maximum absolute atomic E-state index is 12.6. The highest BCUT2D eigenvalue weighted by Gasteiger charge is 2.06. The highest BCUT2D eigenvalue weighted by molar-refractivity contribution is 7.84. The molecule has 0 spiro atoms. The van der Waals surface area contributed by atoms with Crippen LogP contribution >= 0.6 is 11.3 Å². The molecule has 1 atom stereocenters. The van der Waals surface area contributed by atoms with Gasteiger partial charge in [0.05, 0.1) is 16.6 Å². The van der Waals surface area contributed by atoms with Crippen LogP contribution in [0.2, 0.25) is 0 Å². The minimum atomic E-state index is -1.14. The molecule has 1 aromatic heterocycles. The number of hydrogen-bond donors (Lipinski definition) is 0. The molecule has 5 heteroatoms. The van der Waals surface area contributed by atoms with E-state index in [2.05, 4.69) is 4.98 Å². The lowest BCUT2D eigenvalue weighted by atomic mass is 10.4. The summed E-state index contributed by atoms with van der Waals surface area (Å²) in [6, 6.07) is 5.71. The summed E-state index contributed by atoms with van der Waals surface area (Å²) in [6.07, 6.45) is 1.68. The standard InChI is InChI=1S/C10H8FNOS2/c11-8-1-3-9(4-2-8)15(13)7-10-12-5-6-14-10/h1-6H,7H2. The first-order valence-corrected chi connectivity index (χ1v) is 6.48. The third-order valence-corrected chi connectivity index (χ3v) is 4.11. The number of benzene rings is 1. The van der Waals surface area contributed by atoms with Gasteiger partial charge in [0.15, 0.2) is 0 Å². The Balaban J connectivity index is 2.11. The molecule has 0 amide bonds. The molecule has 78 valence electrons. The van der Waals surface area contributed by atoms with Gasteiger partial charge in [0, 0.05) is 16.5 Å². The molecule has 0 N–H and O–H groups in total. The molecule has 0 aliphatic heterocycles. The minimum absolute atomic E-state index is 0.315. The normalized spacial score (nSPS) is 12.6. The van der Waals surface area contributed by atoms with Gasteiger partial charge in [-0.3, -0.25) is 4.21 Å². The summed E-state index contributed by atoms with van der Waals surface area (Å²) in [7, 11) is -1.14. The third kappa shape index (κ3) is 2.70. The molecule has 0 bridgehead atoms. The van der Waals surface area contributed by atoms with Crippen LogP contribution in [-0.4, -0.2) is 9.19 Å². The van der Waals surface area contributed by atoms with Gasteiger partial charge in [-0.1, -0.05) is 0 Å². The van der Waals surface area contributed by atoms with Crippen molar-refractivity contribution in [1.29, 1.82) is 0 Å².